The number of halogens is 1. The van der Waals surface area contributed by atoms with Crippen molar-refractivity contribution in [1.29, 1.82) is 0 Å². The van der Waals surface area contributed by atoms with E-state index < -0.39 is 0 Å². The van der Waals surface area contributed by atoms with Gasteiger partial charge in [0.05, 0.1) is 5.02 Å². The minimum absolute atomic E-state index is 0.536. The van der Waals surface area contributed by atoms with Crippen LogP contribution in [0.3, 0.4) is 0 Å². The molecule has 2 nitrogen and oxygen atoms in total. The Morgan fingerprint density at radius 2 is 2.20 bits per heavy atom. The molecule has 0 fully saturated rings. The summed E-state index contributed by atoms with van der Waals surface area (Å²) in [6.45, 7) is 5.36. The van der Waals surface area contributed by atoms with Crippen LogP contribution in [0.25, 0.3) is 0 Å². The molecule has 15 heavy (non-hydrogen) atoms. The molecule has 1 rings (SSSR count). The van der Waals surface area contributed by atoms with E-state index >= 15 is 0 Å². The van der Waals surface area contributed by atoms with Crippen molar-refractivity contribution in [3.05, 3.63) is 29.0 Å². The zero-order chi connectivity index (χ0) is 11.1. The van der Waals surface area contributed by atoms with Crippen molar-refractivity contribution < 1.29 is 0 Å². The molecule has 0 radical (unpaired) electrons. The van der Waals surface area contributed by atoms with E-state index in [0.717, 1.165) is 18.7 Å². The van der Waals surface area contributed by atoms with Crippen LogP contribution < -0.4 is 5.32 Å². The van der Waals surface area contributed by atoms with E-state index in [4.69, 9.17) is 11.6 Å². The first-order chi connectivity index (χ1) is 7.26. The number of rotatable bonds is 6. The molecule has 1 atom stereocenters. The van der Waals surface area contributed by atoms with Gasteiger partial charge in [0.15, 0.2) is 0 Å². The zero-order valence-corrected chi connectivity index (χ0v) is 10.2. The summed E-state index contributed by atoms with van der Waals surface area (Å²) in [5.41, 5.74) is 1.11. The Hall–Kier alpha value is -0.600. The average Bonchev–Trinajstić information content (AvgIpc) is 2.22. The van der Waals surface area contributed by atoms with E-state index in [9.17, 15) is 0 Å². The predicted octanol–water partition coefficient (Wildman–Crippen LogP) is 3.06. The maximum atomic E-state index is 5.79. The number of nitrogens with one attached hydrogen (secondary N) is 1. The summed E-state index contributed by atoms with van der Waals surface area (Å²) >= 11 is 5.79. The maximum Gasteiger partial charge on any atom is 0.0589 e. The molecule has 1 N–H and O–H groups in total. The summed E-state index contributed by atoms with van der Waals surface area (Å²) in [7, 11) is 0. The summed E-state index contributed by atoms with van der Waals surface area (Å²) in [6, 6.07) is 4.44. The van der Waals surface area contributed by atoms with E-state index in [1.54, 1.807) is 6.20 Å². The fourth-order valence-corrected chi connectivity index (χ4v) is 1.80. The van der Waals surface area contributed by atoms with Gasteiger partial charge in [0.25, 0.3) is 0 Å². The molecule has 84 valence electrons. The Bertz CT molecular complexity index is 265. The lowest BCUT2D eigenvalue weighted by molar-refractivity contribution is 0.482. The highest BCUT2D eigenvalue weighted by molar-refractivity contribution is 6.30. The predicted molar refractivity (Wildman–Crippen MR) is 65.3 cm³/mol. The largest absolute Gasteiger partial charge is 0.314 e. The van der Waals surface area contributed by atoms with Crippen molar-refractivity contribution in [2.24, 2.45) is 0 Å². The molecule has 0 aliphatic carbocycles. The fraction of sp³-hybridized carbons (Fsp3) is 0.583. The lowest BCUT2D eigenvalue weighted by Crippen LogP contribution is -2.31. The van der Waals surface area contributed by atoms with Crippen molar-refractivity contribution >= 4 is 11.6 Å². The highest BCUT2D eigenvalue weighted by atomic mass is 35.5. The molecule has 0 aromatic carbocycles. The number of aromatic nitrogens is 1. The average molecular weight is 227 g/mol. The number of pyridine rings is 1. The van der Waals surface area contributed by atoms with Crippen LogP contribution in [0, 0.1) is 0 Å². The van der Waals surface area contributed by atoms with Crippen LogP contribution >= 0.6 is 11.6 Å². The molecular weight excluding hydrogens is 208 g/mol. The van der Waals surface area contributed by atoms with E-state index in [1.165, 1.54) is 12.8 Å². The first-order valence-electron chi connectivity index (χ1n) is 5.60. The van der Waals surface area contributed by atoms with Gasteiger partial charge in [0, 0.05) is 24.4 Å². The SMILES string of the molecule is CCCC(Cc1ccc(Cl)cn1)NCC. The summed E-state index contributed by atoms with van der Waals surface area (Å²) in [4.78, 5) is 4.31. The van der Waals surface area contributed by atoms with Crippen LogP contribution in [0.2, 0.25) is 5.02 Å². The highest BCUT2D eigenvalue weighted by Crippen LogP contribution is 2.09. The summed E-state index contributed by atoms with van der Waals surface area (Å²) in [5, 5.41) is 4.18. The molecule has 0 spiro atoms. The first kappa shape index (κ1) is 12.5. The third-order valence-electron chi connectivity index (χ3n) is 2.37. The Balaban J connectivity index is 2.53. The molecule has 1 aromatic rings. The van der Waals surface area contributed by atoms with Crippen molar-refractivity contribution in [3.63, 3.8) is 0 Å². The quantitative estimate of drug-likeness (QED) is 0.807. The van der Waals surface area contributed by atoms with E-state index in [0.29, 0.717) is 11.1 Å². The van der Waals surface area contributed by atoms with E-state index in [2.05, 4.69) is 24.1 Å². The van der Waals surface area contributed by atoms with Crippen LogP contribution in [-0.2, 0) is 6.42 Å². The molecule has 0 bridgehead atoms. The maximum absolute atomic E-state index is 5.79. The van der Waals surface area contributed by atoms with Crippen LogP contribution in [-0.4, -0.2) is 17.6 Å². The highest BCUT2D eigenvalue weighted by Gasteiger charge is 2.07. The van der Waals surface area contributed by atoms with Gasteiger partial charge in [-0.3, -0.25) is 4.98 Å². The molecule has 3 heteroatoms. The minimum atomic E-state index is 0.536. The van der Waals surface area contributed by atoms with Gasteiger partial charge in [-0.05, 0) is 25.1 Å². The van der Waals surface area contributed by atoms with Gasteiger partial charge in [-0.2, -0.15) is 0 Å². The molecule has 0 aliphatic rings. The molecule has 0 saturated heterocycles. The molecule has 0 amide bonds. The third kappa shape index (κ3) is 4.63. The van der Waals surface area contributed by atoms with Crippen LogP contribution in [0.1, 0.15) is 32.4 Å². The molecule has 1 unspecified atom stereocenters. The Morgan fingerprint density at radius 3 is 2.73 bits per heavy atom. The normalized spacial score (nSPS) is 12.7. The van der Waals surface area contributed by atoms with Gasteiger partial charge in [-0.25, -0.2) is 0 Å². The van der Waals surface area contributed by atoms with Crippen molar-refractivity contribution in [2.45, 2.75) is 39.2 Å². The zero-order valence-electron chi connectivity index (χ0n) is 9.46. The van der Waals surface area contributed by atoms with Crippen molar-refractivity contribution in [1.82, 2.24) is 10.3 Å². The summed E-state index contributed by atoms with van der Waals surface area (Å²) < 4.78 is 0. The lowest BCUT2D eigenvalue weighted by atomic mass is 10.1. The smallest absolute Gasteiger partial charge is 0.0589 e. The third-order valence-corrected chi connectivity index (χ3v) is 2.60. The van der Waals surface area contributed by atoms with Crippen LogP contribution in [0.15, 0.2) is 18.3 Å². The summed E-state index contributed by atoms with van der Waals surface area (Å²) in [6.07, 6.45) is 5.09. The Morgan fingerprint density at radius 1 is 1.40 bits per heavy atom. The van der Waals surface area contributed by atoms with Gasteiger partial charge in [-0.1, -0.05) is 31.9 Å². The number of nitrogens with zero attached hydrogens (tertiary/aromatic N) is 1. The molecular formula is C12H19ClN2. The molecule has 1 aromatic heterocycles. The Labute approximate surface area is 97.1 Å². The van der Waals surface area contributed by atoms with Crippen molar-refractivity contribution in [2.75, 3.05) is 6.54 Å². The number of likely N-dealkylation sites (N-methyl/N-ethyl adjacent to an activating group) is 1. The minimum Gasteiger partial charge on any atom is -0.314 e. The monoisotopic (exact) mass is 226 g/mol. The van der Waals surface area contributed by atoms with Gasteiger partial charge in [0.1, 0.15) is 0 Å². The Kier molecular flexibility index (Phi) is 5.66. The van der Waals surface area contributed by atoms with Crippen LogP contribution in [0.4, 0.5) is 0 Å². The van der Waals surface area contributed by atoms with Crippen LogP contribution in [0.5, 0.6) is 0 Å². The van der Waals surface area contributed by atoms with Gasteiger partial charge in [0.2, 0.25) is 0 Å². The second-order valence-corrected chi connectivity index (χ2v) is 4.15. The van der Waals surface area contributed by atoms with Gasteiger partial charge >= 0.3 is 0 Å². The van der Waals surface area contributed by atoms with Crippen molar-refractivity contribution in [3.8, 4) is 0 Å². The number of hydrogen-bond donors (Lipinski definition) is 1. The first-order valence-corrected chi connectivity index (χ1v) is 5.97. The summed E-state index contributed by atoms with van der Waals surface area (Å²) in [5.74, 6) is 0. The van der Waals surface area contributed by atoms with E-state index in [1.807, 2.05) is 12.1 Å². The number of hydrogen-bond acceptors (Lipinski definition) is 2. The molecule has 0 aliphatic heterocycles. The standard InChI is InChI=1S/C12H19ClN2/c1-3-5-11(14-4-2)8-12-7-6-10(13)9-15-12/h6-7,9,11,14H,3-5,8H2,1-2H3. The second-order valence-electron chi connectivity index (χ2n) is 3.72. The van der Waals surface area contributed by atoms with Gasteiger partial charge < -0.3 is 5.32 Å². The second kappa shape index (κ2) is 6.81. The van der Waals surface area contributed by atoms with Gasteiger partial charge in [-0.15, -0.1) is 0 Å². The fourth-order valence-electron chi connectivity index (χ4n) is 1.69. The molecule has 1 heterocycles. The lowest BCUT2D eigenvalue weighted by Gasteiger charge is -2.16. The van der Waals surface area contributed by atoms with E-state index in [-0.39, 0.29) is 0 Å². The molecule has 0 saturated carbocycles. The topological polar surface area (TPSA) is 24.9 Å².